The van der Waals surface area contributed by atoms with E-state index in [1.165, 1.54) is 0 Å². The Bertz CT molecular complexity index is 421. The van der Waals surface area contributed by atoms with Crippen molar-refractivity contribution >= 4 is 11.9 Å². The molecule has 0 unspecified atom stereocenters. The highest BCUT2D eigenvalue weighted by atomic mass is 16.5. The number of hydrogen-bond acceptors (Lipinski definition) is 7. The highest BCUT2D eigenvalue weighted by molar-refractivity contribution is 5.36. The Labute approximate surface area is 112 Å². The first-order valence-electron chi connectivity index (χ1n) is 6.37. The van der Waals surface area contributed by atoms with Crippen LogP contribution in [0.3, 0.4) is 0 Å². The Hall–Kier alpha value is -1.89. The molecule has 19 heavy (non-hydrogen) atoms. The lowest BCUT2D eigenvalue weighted by molar-refractivity contribution is 0.122. The van der Waals surface area contributed by atoms with Gasteiger partial charge in [0.05, 0.1) is 19.8 Å². The van der Waals surface area contributed by atoms with Gasteiger partial charge < -0.3 is 20.1 Å². The predicted molar refractivity (Wildman–Crippen MR) is 72.2 cm³/mol. The molecule has 2 rings (SSSR count). The van der Waals surface area contributed by atoms with Crippen molar-refractivity contribution in [3.05, 3.63) is 12.7 Å². The molecule has 0 aromatic carbocycles. The summed E-state index contributed by atoms with van der Waals surface area (Å²) in [5.41, 5.74) is 5.68. The maximum absolute atomic E-state index is 5.68. The lowest BCUT2D eigenvalue weighted by atomic mass is 10.3. The van der Waals surface area contributed by atoms with Crippen molar-refractivity contribution < 1.29 is 9.47 Å². The standard InChI is InChI=1S/C12H19N5O2/c1-2-3-4-7-19-12-15-10(13)14-11(16-12)17-5-8-18-9-6-17/h2H,1,3-9H2,(H2,13,14,15,16). The Balaban J connectivity index is 1.99. The van der Waals surface area contributed by atoms with E-state index in [0.29, 0.717) is 25.8 Å². The fraction of sp³-hybridized carbons (Fsp3) is 0.583. The zero-order chi connectivity index (χ0) is 13.5. The molecule has 1 fully saturated rings. The van der Waals surface area contributed by atoms with Crippen molar-refractivity contribution in [2.45, 2.75) is 12.8 Å². The van der Waals surface area contributed by atoms with Crippen LogP contribution in [-0.2, 0) is 4.74 Å². The number of anilines is 2. The van der Waals surface area contributed by atoms with E-state index in [0.717, 1.165) is 25.9 Å². The third kappa shape index (κ3) is 4.06. The molecule has 104 valence electrons. The van der Waals surface area contributed by atoms with Crippen molar-refractivity contribution in [2.75, 3.05) is 43.5 Å². The normalized spacial score (nSPS) is 15.3. The molecule has 2 N–H and O–H groups in total. The molecule has 0 aliphatic carbocycles. The van der Waals surface area contributed by atoms with E-state index in [1.807, 2.05) is 11.0 Å². The third-order valence-corrected chi connectivity index (χ3v) is 2.70. The number of nitrogens with zero attached hydrogens (tertiary/aromatic N) is 4. The van der Waals surface area contributed by atoms with Crippen LogP contribution in [-0.4, -0.2) is 47.9 Å². The predicted octanol–water partition coefficient (Wildman–Crippen LogP) is 0.635. The summed E-state index contributed by atoms with van der Waals surface area (Å²) in [6.07, 6.45) is 3.63. The molecule has 0 amide bonds. The molecular weight excluding hydrogens is 246 g/mol. The van der Waals surface area contributed by atoms with Crippen LogP contribution in [0.4, 0.5) is 11.9 Å². The molecule has 1 aliphatic heterocycles. The van der Waals surface area contributed by atoms with Gasteiger partial charge in [0.1, 0.15) is 0 Å². The Kier molecular flexibility index (Phi) is 4.91. The summed E-state index contributed by atoms with van der Waals surface area (Å²) in [6.45, 7) is 7.03. The van der Waals surface area contributed by atoms with Gasteiger partial charge in [-0.3, -0.25) is 0 Å². The summed E-state index contributed by atoms with van der Waals surface area (Å²) in [5, 5.41) is 0. The van der Waals surface area contributed by atoms with Crippen molar-refractivity contribution in [3.8, 4) is 6.01 Å². The molecular formula is C12H19N5O2. The minimum atomic E-state index is 0.176. The largest absolute Gasteiger partial charge is 0.463 e. The van der Waals surface area contributed by atoms with Crippen LogP contribution in [0.15, 0.2) is 12.7 Å². The van der Waals surface area contributed by atoms with Crippen LogP contribution < -0.4 is 15.4 Å². The molecule has 0 radical (unpaired) electrons. The van der Waals surface area contributed by atoms with Gasteiger partial charge >= 0.3 is 6.01 Å². The zero-order valence-electron chi connectivity index (χ0n) is 10.9. The first kappa shape index (κ1) is 13.5. The van der Waals surface area contributed by atoms with Crippen molar-refractivity contribution in [2.24, 2.45) is 0 Å². The molecule has 1 aliphatic rings. The first-order chi connectivity index (χ1) is 9.29. The summed E-state index contributed by atoms with van der Waals surface area (Å²) >= 11 is 0. The van der Waals surface area contributed by atoms with E-state index in [4.69, 9.17) is 15.2 Å². The maximum atomic E-state index is 5.68. The number of hydrogen-bond donors (Lipinski definition) is 1. The van der Waals surface area contributed by atoms with Crippen LogP contribution in [0.1, 0.15) is 12.8 Å². The van der Waals surface area contributed by atoms with Crippen LogP contribution in [0.2, 0.25) is 0 Å². The van der Waals surface area contributed by atoms with Crippen molar-refractivity contribution in [1.29, 1.82) is 0 Å². The number of aromatic nitrogens is 3. The van der Waals surface area contributed by atoms with Crippen LogP contribution >= 0.6 is 0 Å². The van der Waals surface area contributed by atoms with Crippen LogP contribution in [0.5, 0.6) is 6.01 Å². The van der Waals surface area contributed by atoms with Crippen LogP contribution in [0, 0.1) is 0 Å². The lowest BCUT2D eigenvalue weighted by Crippen LogP contribution is -2.37. The molecule has 0 bridgehead atoms. The number of ether oxygens (including phenoxy) is 2. The van der Waals surface area contributed by atoms with Gasteiger partial charge in [-0.25, -0.2) is 0 Å². The number of allylic oxidation sites excluding steroid dienone is 1. The number of nitrogen functional groups attached to an aromatic ring is 1. The van der Waals surface area contributed by atoms with E-state index in [2.05, 4.69) is 21.5 Å². The van der Waals surface area contributed by atoms with Gasteiger partial charge in [0.25, 0.3) is 0 Å². The van der Waals surface area contributed by atoms with E-state index < -0.39 is 0 Å². The van der Waals surface area contributed by atoms with Gasteiger partial charge in [-0.1, -0.05) is 6.08 Å². The third-order valence-electron chi connectivity index (χ3n) is 2.70. The maximum Gasteiger partial charge on any atom is 0.323 e. The average Bonchev–Trinajstić information content (AvgIpc) is 2.44. The van der Waals surface area contributed by atoms with Gasteiger partial charge in [-0.05, 0) is 12.8 Å². The second kappa shape index (κ2) is 6.89. The summed E-state index contributed by atoms with van der Waals surface area (Å²) in [4.78, 5) is 14.4. The smallest absolute Gasteiger partial charge is 0.323 e. The molecule has 0 spiro atoms. The molecule has 7 nitrogen and oxygen atoms in total. The molecule has 1 saturated heterocycles. The molecule has 2 heterocycles. The Morgan fingerprint density at radius 2 is 2.11 bits per heavy atom. The van der Waals surface area contributed by atoms with Gasteiger partial charge in [0, 0.05) is 13.1 Å². The highest BCUT2D eigenvalue weighted by Gasteiger charge is 2.16. The monoisotopic (exact) mass is 265 g/mol. The Morgan fingerprint density at radius 1 is 1.32 bits per heavy atom. The fourth-order valence-corrected chi connectivity index (χ4v) is 1.72. The number of unbranched alkanes of at least 4 members (excludes halogenated alkanes) is 1. The van der Waals surface area contributed by atoms with Gasteiger partial charge in [0.2, 0.25) is 11.9 Å². The molecule has 7 heteroatoms. The lowest BCUT2D eigenvalue weighted by Gasteiger charge is -2.26. The summed E-state index contributed by atoms with van der Waals surface area (Å²) in [6, 6.07) is 0.276. The SMILES string of the molecule is C=CCCCOc1nc(N)nc(N2CCOCC2)n1. The molecule has 0 atom stereocenters. The van der Waals surface area contributed by atoms with Crippen LogP contribution in [0.25, 0.3) is 0 Å². The van der Waals surface area contributed by atoms with Crippen molar-refractivity contribution in [1.82, 2.24) is 15.0 Å². The summed E-state index contributed by atoms with van der Waals surface area (Å²) in [7, 11) is 0. The van der Waals surface area contributed by atoms with E-state index >= 15 is 0 Å². The number of rotatable bonds is 6. The number of nitrogens with two attached hydrogens (primary N) is 1. The fourth-order valence-electron chi connectivity index (χ4n) is 1.72. The molecule has 1 aromatic rings. The second-order valence-electron chi connectivity index (χ2n) is 4.15. The summed E-state index contributed by atoms with van der Waals surface area (Å²) in [5.74, 6) is 0.727. The van der Waals surface area contributed by atoms with Gasteiger partial charge in [0.15, 0.2) is 0 Å². The van der Waals surface area contributed by atoms with E-state index in [-0.39, 0.29) is 12.0 Å². The molecule has 0 saturated carbocycles. The van der Waals surface area contributed by atoms with E-state index in [9.17, 15) is 0 Å². The number of morpholine rings is 1. The van der Waals surface area contributed by atoms with E-state index in [1.54, 1.807) is 0 Å². The summed E-state index contributed by atoms with van der Waals surface area (Å²) < 4.78 is 10.8. The van der Waals surface area contributed by atoms with Gasteiger partial charge in [-0.2, -0.15) is 15.0 Å². The zero-order valence-corrected chi connectivity index (χ0v) is 10.9. The quantitative estimate of drug-likeness (QED) is 0.596. The average molecular weight is 265 g/mol. The van der Waals surface area contributed by atoms with Crippen molar-refractivity contribution in [3.63, 3.8) is 0 Å². The Morgan fingerprint density at radius 3 is 2.84 bits per heavy atom. The topological polar surface area (TPSA) is 86.4 Å². The molecule has 1 aromatic heterocycles. The first-order valence-corrected chi connectivity index (χ1v) is 6.37. The second-order valence-corrected chi connectivity index (χ2v) is 4.15. The minimum absolute atomic E-state index is 0.176. The highest BCUT2D eigenvalue weighted by Crippen LogP contribution is 2.14. The minimum Gasteiger partial charge on any atom is -0.463 e. The van der Waals surface area contributed by atoms with Gasteiger partial charge in [-0.15, -0.1) is 6.58 Å².